The Bertz CT molecular complexity index is 366. The van der Waals surface area contributed by atoms with Crippen molar-refractivity contribution < 1.29 is 14.6 Å². The van der Waals surface area contributed by atoms with E-state index < -0.39 is 12.0 Å². The van der Waals surface area contributed by atoms with Gasteiger partial charge in [-0.15, -0.1) is 0 Å². The van der Waals surface area contributed by atoms with Gasteiger partial charge in [-0.05, 0) is 25.1 Å². The Morgan fingerprint density at radius 3 is 2.80 bits per heavy atom. The molecule has 1 unspecified atom stereocenters. The van der Waals surface area contributed by atoms with Crippen LogP contribution < -0.4 is 10.1 Å². The van der Waals surface area contributed by atoms with Gasteiger partial charge in [-0.25, -0.2) is 0 Å². The van der Waals surface area contributed by atoms with Crippen LogP contribution in [0.2, 0.25) is 5.02 Å². The van der Waals surface area contributed by atoms with E-state index in [1.54, 1.807) is 18.2 Å². The summed E-state index contributed by atoms with van der Waals surface area (Å²) in [7, 11) is 1.49. The van der Waals surface area contributed by atoms with E-state index in [9.17, 15) is 4.79 Å². The molecule has 1 atom stereocenters. The summed E-state index contributed by atoms with van der Waals surface area (Å²) >= 11 is 5.77. The van der Waals surface area contributed by atoms with E-state index in [1.165, 1.54) is 14.0 Å². The highest BCUT2D eigenvalue weighted by atomic mass is 35.5. The molecule has 0 aliphatic heterocycles. The highest BCUT2D eigenvalue weighted by molar-refractivity contribution is 6.31. The maximum Gasteiger partial charge on any atom is 0.253 e. The zero-order valence-electron chi connectivity index (χ0n) is 8.45. The van der Waals surface area contributed by atoms with Gasteiger partial charge in [0.05, 0.1) is 12.8 Å². The van der Waals surface area contributed by atoms with Crippen molar-refractivity contribution in [2.45, 2.75) is 13.0 Å². The second kappa shape index (κ2) is 5.00. The number of hydrogen-bond acceptors (Lipinski definition) is 3. The molecule has 2 N–H and O–H groups in total. The number of benzene rings is 1. The standard InChI is InChI=1S/C10H12ClNO3/c1-6(13)10(14)12-8-5-7(11)3-4-9(8)15-2/h3-6,13H,1-2H3,(H,12,14). The third-order valence-corrected chi connectivity index (χ3v) is 2.03. The Morgan fingerprint density at radius 2 is 2.27 bits per heavy atom. The van der Waals surface area contributed by atoms with Crippen LogP contribution in [0.4, 0.5) is 5.69 Å². The van der Waals surface area contributed by atoms with Crippen LogP contribution in [-0.2, 0) is 4.79 Å². The number of amides is 1. The third-order valence-electron chi connectivity index (χ3n) is 1.80. The predicted molar refractivity (Wildman–Crippen MR) is 58.3 cm³/mol. The molecule has 1 amide bonds. The van der Waals surface area contributed by atoms with Crippen LogP contribution in [0.5, 0.6) is 5.75 Å². The summed E-state index contributed by atoms with van der Waals surface area (Å²) in [6.45, 7) is 1.38. The summed E-state index contributed by atoms with van der Waals surface area (Å²) in [6, 6.07) is 4.85. The molecule has 0 aliphatic rings. The van der Waals surface area contributed by atoms with Crippen molar-refractivity contribution in [3.63, 3.8) is 0 Å². The van der Waals surface area contributed by atoms with E-state index in [0.717, 1.165) is 0 Å². The zero-order chi connectivity index (χ0) is 11.4. The van der Waals surface area contributed by atoms with Crippen molar-refractivity contribution in [1.29, 1.82) is 0 Å². The van der Waals surface area contributed by atoms with Crippen LogP contribution in [0.15, 0.2) is 18.2 Å². The topological polar surface area (TPSA) is 58.6 Å². The second-order valence-corrected chi connectivity index (χ2v) is 3.45. The quantitative estimate of drug-likeness (QED) is 0.829. The molecule has 1 aromatic rings. The van der Waals surface area contributed by atoms with Gasteiger partial charge in [0, 0.05) is 5.02 Å². The third kappa shape index (κ3) is 3.11. The molecule has 0 spiro atoms. The predicted octanol–water partition coefficient (Wildman–Crippen LogP) is 1.67. The van der Waals surface area contributed by atoms with Gasteiger partial charge in [0.15, 0.2) is 0 Å². The molecular formula is C10H12ClNO3. The van der Waals surface area contributed by atoms with E-state index in [0.29, 0.717) is 16.5 Å². The van der Waals surface area contributed by atoms with Crippen molar-refractivity contribution >= 4 is 23.2 Å². The smallest absolute Gasteiger partial charge is 0.253 e. The molecule has 0 fully saturated rings. The molecule has 0 aliphatic carbocycles. The van der Waals surface area contributed by atoms with Crippen molar-refractivity contribution in [3.8, 4) is 5.75 Å². The number of aliphatic hydroxyl groups is 1. The summed E-state index contributed by atoms with van der Waals surface area (Å²) in [5.74, 6) is -0.0102. The minimum Gasteiger partial charge on any atom is -0.495 e. The fraction of sp³-hybridized carbons (Fsp3) is 0.300. The van der Waals surface area contributed by atoms with E-state index in [1.807, 2.05) is 0 Å². The van der Waals surface area contributed by atoms with Crippen molar-refractivity contribution in [2.75, 3.05) is 12.4 Å². The lowest BCUT2D eigenvalue weighted by Gasteiger charge is -2.11. The van der Waals surface area contributed by atoms with Gasteiger partial charge >= 0.3 is 0 Å². The van der Waals surface area contributed by atoms with Gasteiger partial charge in [-0.3, -0.25) is 4.79 Å². The second-order valence-electron chi connectivity index (χ2n) is 3.01. The first-order valence-corrected chi connectivity index (χ1v) is 4.75. The fourth-order valence-electron chi connectivity index (χ4n) is 1.02. The van der Waals surface area contributed by atoms with Gasteiger partial charge in [-0.2, -0.15) is 0 Å². The minimum absolute atomic E-state index is 0.441. The van der Waals surface area contributed by atoms with Gasteiger partial charge in [0.1, 0.15) is 11.9 Å². The number of rotatable bonds is 3. The van der Waals surface area contributed by atoms with Crippen LogP contribution in [0.3, 0.4) is 0 Å². The van der Waals surface area contributed by atoms with Gasteiger partial charge < -0.3 is 15.2 Å². The Balaban J connectivity index is 2.92. The van der Waals surface area contributed by atoms with E-state index >= 15 is 0 Å². The van der Waals surface area contributed by atoms with Gasteiger partial charge in [-0.1, -0.05) is 11.6 Å². The lowest BCUT2D eigenvalue weighted by Crippen LogP contribution is -2.24. The first-order chi connectivity index (χ1) is 7.04. The van der Waals surface area contributed by atoms with Crippen LogP contribution >= 0.6 is 11.6 Å². The largest absolute Gasteiger partial charge is 0.495 e. The summed E-state index contributed by atoms with van der Waals surface area (Å²) < 4.78 is 5.03. The number of anilines is 1. The van der Waals surface area contributed by atoms with Crippen LogP contribution in [0.25, 0.3) is 0 Å². The summed E-state index contributed by atoms with van der Waals surface area (Å²) in [5, 5.41) is 12.0. The van der Waals surface area contributed by atoms with E-state index in [-0.39, 0.29) is 0 Å². The molecular weight excluding hydrogens is 218 g/mol. The number of halogens is 1. The average Bonchev–Trinajstić information content (AvgIpc) is 2.18. The molecule has 4 nitrogen and oxygen atoms in total. The Kier molecular flexibility index (Phi) is 3.94. The number of aliphatic hydroxyl groups excluding tert-OH is 1. The van der Waals surface area contributed by atoms with Gasteiger partial charge in [0.2, 0.25) is 0 Å². The van der Waals surface area contributed by atoms with Crippen LogP contribution in [-0.4, -0.2) is 24.2 Å². The Labute approximate surface area is 92.8 Å². The SMILES string of the molecule is COc1ccc(Cl)cc1NC(=O)C(C)O. The molecule has 0 saturated carbocycles. The first kappa shape index (κ1) is 11.8. The number of hydrogen-bond donors (Lipinski definition) is 2. The maximum absolute atomic E-state index is 11.2. The van der Waals surface area contributed by atoms with E-state index in [2.05, 4.69) is 5.32 Å². The molecule has 0 radical (unpaired) electrons. The van der Waals surface area contributed by atoms with E-state index in [4.69, 9.17) is 21.4 Å². The lowest BCUT2D eigenvalue weighted by molar-refractivity contribution is -0.123. The molecule has 15 heavy (non-hydrogen) atoms. The fourth-order valence-corrected chi connectivity index (χ4v) is 1.19. The van der Waals surface area contributed by atoms with Gasteiger partial charge in [0.25, 0.3) is 5.91 Å². The van der Waals surface area contributed by atoms with Crippen LogP contribution in [0, 0.1) is 0 Å². The number of carbonyl (C=O) groups excluding carboxylic acids is 1. The molecule has 1 aromatic carbocycles. The highest BCUT2D eigenvalue weighted by Crippen LogP contribution is 2.27. The average molecular weight is 230 g/mol. The van der Waals surface area contributed by atoms with Crippen LogP contribution in [0.1, 0.15) is 6.92 Å². The number of nitrogens with one attached hydrogen (secondary N) is 1. The van der Waals surface area contributed by atoms with Crippen molar-refractivity contribution in [2.24, 2.45) is 0 Å². The minimum atomic E-state index is -1.08. The zero-order valence-corrected chi connectivity index (χ0v) is 9.21. The van der Waals surface area contributed by atoms with Crippen molar-refractivity contribution in [3.05, 3.63) is 23.2 Å². The number of carbonyl (C=O) groups is 1. The molecule has 0 bridgehead atoms. The summed E-state index contributed by atoms with van der Waals surface area (Å²) in [5.41, 5.74) is 0.441. The first-order valence-electron chi connectivity index (χ1n) is 4.37. The summed E-state index contributed by atoms with van der Waals surface area (Å²) in [4.78, 5) is 11.2. The molecule has 1 rings (SSSR count). The molecule has 82 valence electrons. The normalized spacial score (nSPS) is 12.0. The number of methoxy groups -OCH3 is 1. The monoisotopic (exact) mass is 229 g/mol. The Hall–Kier alpha value is -1.26. The number of ether oxygens (including phenoxy) is 1. The Morgan fingerprint density at radius 1 is 1.60 bits per heavy atom. The lowest BCUT2D eigenvalue weighted by atomic mass is 10.2. The molecule has 5 heteroatoms. The maximum atomic E-state index is 11.2. The molecule has 0 aromatic heterocycles. The molecule has 0 saturated heterocycles. The highest BCUT2D eigenvalue weighted by Gasteiger charge is 2.12. The van der Waals surface area contributed by atoms with Crippen molar-refractivity contribution in [1.82, 2.24) is 0 Å². The summed E-state index contributed by atoms with van der Waals surface area (Å²) in [6.07, 6.45) is -1.08. The molecule has 0 heterocycles.